The molecule has 4 atom stereocenters. The first-order chi connectivity index (χ1) is 9.79. The largest absolute Gasteiger partial charge is 0.313 e. The molecule has 2 aliphatic rings. The Bertz CT molecular complexity index is 499. The first-order valence-corrected chi connectivity index (χ1v) is 6.12. The second-order valence-electron chi connectivity index (χ2n) is 5.06. The summed E-state index contributed by atoms with van der Waals surface area (Å²) in [5, 5.41) is 2.85. The van der Waals surface area contributed by atoms with E-state index in [0.717, 1.165) is 12.8 Å². The molecule has 0 saturated heterocycles. The minimum atomic E-state index is -2.64. The molecular formula is C15H21N. The Morgan fingerprint density at radius 2 is 2.12 bits per heavy atom. The molecule has 0 aliphatic heterocycles. The predicted molar refractivity (Wildman–Crippen MR) is 67.5 cm³/mol. The van der Waals surface area contributed by atoms with Crippen LogP contribution in [0.2, 0.25) is 0 Å². The van der Waals surface area contributed by atoms with Crippen LogP contribution in [0, 0.1) is 11.8 Å². The van der Waals surface area contributed by atoms with E-state index in [1.54, 1.807) is 0 Å². The first-order valence-electron chi connectivity index (χ1n) is 8.62. The van der Waals surface area contributed by atoms with E-state index in [1.165, 1.54) is 12.0 Å². The summed E-state index contributed by atoms with van der Waals surface area (Å²) in [4.78, 5) is 0. The number of rotatable bonds is 3. The summed E-state index contributed by atoms with van der Waals surface area (Å²) < 4.78 is 37.9. The average molecular weight is 220 g/mol. The standard InChI is InChI=1S/C15H21N/c1-2-16-15-13-9-8-12(10-13)14(15)11-6-4-3-5-7-11/h3-7,12-16H,2,8-10H2,1H3/i1D3,2D2. The monoisotopic (exact) mass is 220 g/mol. The fraction of sp³-hybridized carbons (Fsp3) is 0.600. The quantitative estimate of drug-likeness (QED) is 0.825. The fourth-order valence-corrected chi connectivity index (χ4v) is 3.74. The van der Waals surface area contributed by atoms with E-state index in [0.29, 0.717) is 11.8 Å². The maximum absolute atomic E-state index is 7.87. The normalized spacial score (nSPS) is 43.1. The molecule has 0 amide bonds. The van der Waals surface area contributed by atoms with Gasteiger partial charge in [-0.3, -0.25) is 0 Å². The van der Waals surface area contributed by atoms with Gasteiger partial charge in [-0.25, -0.2) is 0 Å². The summed E-state index contributed by atoms with van der Waals surface area (Å²) in [7, 11) is 0. The molecule has 0 spiro atoms. The van der Waals surface area contributed by atoms with Crippen molar-refractivity contribution in [3.8, 4) is 0 Å². The zero-order valence-corrected chi connectivity index (χ0v) is 9.32. The van der Waals surface area contributed by atoms with Crippen molar-refractivity contribution < 1.29 is 6.85 Å². The molecule has 4 unspecified atom stereocenters. The van der Waals surface area contributed by atoms with Crippen molar-refractivity contribution in [3.05, 3.63) is 35.9 Å². The van der Waals surface area contributed by atoms with Gasteiger partial charge in [-0.1, -0.05) is 37.2 Å². The van der Waals surface area contributed by atoms with Gasteiger partial charge in [0.05, 0.1) is 0 Å². The molecule has 1 aromatic carbocycles. The van der Waals surface area contributed by atoms with Crippen LogP contribution in [-0.4, -0.2) is 12.5 Å². The van der Waals surface area contributed by atoms with E-state index in [-0.39, 0.29) is 12.0 Å². The van der Waals surface area contributed by atoms with Crippen LogP contribution < -0.4 is 5.32 Å². The number of nitrogens with one attached hydrogen (secondary N) is 1. The van der Waals surface area contributed by atoms with E-state index >= 15 is 0 Å². The van der Waals surface area contributed by atoms with Crippen molar-refractivity contribution in [3.63, 3.8) is 0 Å². The van der Waals surface area contributed by atoms with Crippen molar-refractivity contribution in [2.75, 3.05) is 6.50 Å². The van der Waals surface area contributed by atoms with E-state index in [9.17, 15) is 0 Å². The second-order valence-corrected chi connectivity index (χ2v) is 5.06. The minimum absolute atomic E-state index is 0.0819. The van der Waals surface area contributed by atoms with Crippen molar-refractivity contribution in [1.82, 2.24) is 5.32 Å². The number of hydrogen-bond donors (Lipinski definition) is 1. The molecule has 0 heterocycles. The number of likely N-dealkylation sites (N-methyl/N-ethyl adjacent to an activating group) is 1. The van der Waals surface area contributed by atoms with Gasteiger partial charge in [0, 0.05) is 18.8 Å². The molecule has 1 nitrogen and oxygen atoms in total. The minimum Gasteiger partial charge on any atom is -0.313 e. The molecule has 3 rings (SSSR count). The highest BCUT2D eigenvalue weighted by Crippen LogP contribution is 2.52. The third kappa shape index (κ3) is 1.58. The average Bonchev–Trinajstić information content (AvgIpc) is 2.99. The molecule has 0 radical (unpaired) electrons. The van der Waals surface area contributed by atoms with Gasteiger partial charge in [0.2, 0.25) is 0 Å². The van der Waals surface area contributed by atoms with Crippen LogP contribution >= 0.6 is 0 Å². The summed E-state index contributed by atoms with van der Waals surface area (Å²) in [5.74, 6) is 1.15. The van der Waals surface area contributed by atoms with Gasteiger partial charge in [-0.05, 0) is 43.2 Å². The lowest BCUT2D eigenvalue weighted by atomic mass is 9.80. The van der Waals surface area contributed by atoms with E-state index in [4.69, 9.17) is 6.85 Å². The Morgan fingerprint density at radius 1 is 1.31 bits per heavy atom. The van der Waals surface area contributed by atoms with Crippen molar-refractivity contribution >= 4 is 0 Å². The smallest absolute Gasteiger partial charge is 0.0425 e. The summed E-state index contributed by atoms with van der Waals surface area (Å²) in [5.41, 5.74) is 1.20. The predicted octanol–water partition coefficient (Wildman–Crippen LogP) is 3.18. The van der Waals surface area contributed by atoms with Crippen LogP contribution in [0.3, 0.4) is 0 Å². The lowest BCUT2D eigenvalue weighted by molar-refractivity contribution is 0.315. The van der Waals surface area contributed by atoms with E-state index < -0.39 is 13.3 Å². The number of fused-ring (bicyclic) bond motifs is 2. The molecular weight excluding hydrogens is 194 g/mol. The Balaban J connectivity index is 1.86. The first kappa shape index (κ1) is 6.20. The summed E-state index contributed by atoms with van der Waals surface area (Å²) in [6.45, 7) is -4.98. The van der Waals surface area contributed by atoms with Crippen LogP contribution in [-0.2, 0) is 0 Å². The van der Waals surface area contributed by atoms with E-state index in [1.807, 2.05) is 18.2 Å². The molecule has 2 aliphatic carbocycles. The van der Waals surface area contributed by atoms with Gasteiger partial charge in [-0.2, -0.15) is 0 Å². The second kappa shape index (κ2) is 4.21. The lowest BCUT2D eigenvalue weighted by Crippen LogP contribution is -2.39. The van der Waals surface area contributed by atoms with Crippen LogP contribution in [0.1, 0.15) is 44.4 Å². The lowest BCUT2D eigenvalue weighted by Gasteiger charge is -2.32. The Morgan fingerprint density at radius 3 is 2.94 bits per heavy atom. The van der Waals surface area contributed by atoms with Gasteiger partial charge >= 0.3 is 0 Å². The van der Waals surface area contributed by atoms with E-state index in [2.05, 4.69) is 17.4 Å². The molecule has 2 fully saturated rings. The highest BCUT2D eigenvalue weighted by Gasteiger charge is 2.47. The third-order valence-corrected chi connectivity index (χ3v) is 4.34. The molecule has 16 heavy (non-hydrogen) atoms. The summed E-state index contributed by atoms with van der Waals surface area (Å²) in [6.07, 6.45) is 3.32. The SMILES string of the molecule is [2H]C([2H])([2H])C([2H])([2H])NC1C2CCC(C2)C1c1ccccc1. The third-order valence-electron chi connectivity index (χ3n) is 4.34. The molecule has 2 saturated carbocycles. The van der Waals surface area contributed by atoms with Crippen LogP contribution in [0.15, 0.2) is 30.3 Å². The zero-order chi connectivity index (χ0) is 15.3. The number of hydrogen-bond acceptors (Lipinski definition) is 1. The summed E-state index contributed by atoms with van der Waals surface area (Å²) in [6, 6.07) is 10.0. The van der Waals surface area contributed by atoms with Gasteiger partial charge in [-0.15, -0.1) is 0 Å². The molecule has 86 valence electrons. The molecule has 1 aromatic rings. The Hall–Kier alpha value is -0.820. The van der Waals surface area contributed by atoms with Crippen molar-refractivity contribution in [1.29, 1.82) is 0 Å². The van der Waals surface area contributed by atoms with Gasteiger partial charge < -0.3 is 5.32 Å². The van der Waals surface area contributed by atoms with Crippen molar-refractivity contribution in [2.45, 2.75) is 38.1 Å². The van der Waals surface area contributed by atoms with Gasteiger partial charge in [0.1, 0.15) is 0 Å². The maximum Gasteiger partial charge on any atom is 0.0425 e. The Kier molecular flexibility index (Phi) is 1.63. The molecule has 2 bridgehead atoms. The molecule has 1 heteroatoms. The fourth-order valence-electron chi connectivity index (χ4n) is 3.74. The highest BCUT2D eigenvalue weighted by molar-refractivity contribution is 5.26. The number of benzene rings is 1. The molecule has 0 aromatic heterocycles. The van der Waals surface area contributed by atoms with Crippen LogP contribution in [0.25, 0.3) is 0 Å². The topological polar surface area (TPSA) is 12.0 Å². The zero-order valence-electron chi connectivity index (χ0n) is 14.3. The van der Waals surface area contributed by atoms with Gasteiger partial charge in [0.25, 0.3) is 0 Å². The Labute approximate surface area is 105 Å². The maximum atomic E-state index is 7.87. The van der Waals surface area contributed by atoms with Crippen molar-refractivity contribution in [2.24, 2.45) is 11.8 Å². The summed E-state index contributed by atoms with van der Waals surface area (Å²) >= 11 is 0. The van der Waals surface area contributed by atoms with Crippen LogP contribution in [0.4, 0.5) is 0 Å². The van der Waals surface area contributed by atoms with Crippen LogP contribution in [0.5, 0.6) is 0 Å². The molecule has 1 N–H and O–H groups in total. The van der Waals surface area contributed by atoms with Gasteiger partial charge in [0.15, 0.2) is 0 Å². The highest BCUT2D eigenvalue weighted by atomic mass is 14.9.